The summed E-state index contributed by atoms with van der Waals surface area (Å²) >= 11 is 0. The van der Waals surface area contributed by atoms with Gasteiger partial charge in [0.2, 0.25) is 5.76 Å². The number of amides is 2. The van der Waals surface area contributed by atoms with Gasteiger partial charge in [0.25, 0.3) is 11.8 Å². The number of aromatic nitrogens is 1. The van der Waals surface area contributed by atoms with Gasteiger partial charge in [-0.1, -0.05) is 11.2 Å². The zero-order valence-corrected chi connectivity index (χ0v) is 13.6. The monoisotopic (exact) mass is 349 g/mol. The minimum absolute atomic E-state index is 0.129. The predicted molar refractivity (Wildman–Crippen MR) is 84.0 cm³/mol. The Bertz CT molecular complexity index is 778. The molecule has 1 aliphatic rings. The molecule has 1 fully saturated rings. The molecule has 132 valence electrons. The number of carbonyl (C=O) groups is 2. The molecule has 1 aliphatic heterocycles. The third-order valence-corrected chi connectivity index (χ3v) is 4.15. The van der Waals surface area contributed by atoms with Crippen molar-refractivity contribution in [1.29, 1.82) is 0 Å². The largest absolute Gasteiger partial charge is 0.351 e. The van der Waals surface area contributed by atoms with Crippen LogP contribution in [0.3, 0.4) is 0 Å². The molecular formula is C17H17F2N3O3. The molecule has 6 nitrogen and oxygen atoms in total. The lowest BCUT2D eigenvalue weighted by atomic mass is 10.0. The Balaban J connectivity index is 1.58. The van der Waals surface area contributed by atoms with Crippen molar-refractivity contribution >= 4 is 11.8 Å². The Morgan fingerprint density at radius 3 is 2.44 bits per heavy atom. The van der Waals surface area contributed by atoms with Crippen LogP contribution >= 0.6 is 0 Å². The Morgan fingerprint density at radius 2 is 1.88 bits per heavy atom. The minimum Gasteiger partial charge on any atom is -0.351 e. The van der Waals surface area contributed by atoms with Crippen LogP contribution in [0, 0.1) is 18.6 Å². The highest BCUT2D eigenvalue weighted by Gasteiger charge is 2.28. The van der Waals surface area contributed by atoms with E-state index in [2.05, 4.69) is 10.5 Å². The van der Waals surface area contributed by atoms with E-state index in [1.165, 1.54) is 17.0 Å². The summed E-state index contributed by atoms with van der Waals surface area (Å²) in [6.45, 7) is 2.31. The van der Waals surface area contributed by atoms with E-state index in [1.807, 2.05) is 0 Å². The molecule has 1 N–H and O–H groups in total. The zero-order chi connectivity index (χ0) is 18.0. The summed E-state index contributed by atoms with van der Waals surface area (Å²) in [5.74, 6) is -2.66. The fourth-order valence-corrected chi connectivity index (χ4v) is 2.81. The maximum absolute atomic E-state index is 13.7. The van der Waals surface area contributed by atoms with Crippen molar-refractivity contribution in [2.75, 3.05) is 13.1 Å². The van der Waals surface area contributed by atoms with Gasteiger partial charge in [0.05, 0.1) is 5.69 Å². The van der Waals surface area contributed by atoms with Crippen LogP contribution in [-0.4, -0.2) is 41.0 Å². The van der Waals surface area contributed by atoms with E-state index in [-0.39, 0.29) is 17.7 Å². The standard InChI is InChI=1S/C17H17F2N3O3/c1-10-9-14(25-21-10)16(23)20-11-5-7-22(8-6-11)17(24)15-12(18)3-2-4-13(15)19/h2-4,9,11H,5-8H2,1H3,(H,20,23). The summed E-state index contributed by atoms with van der Waals surface area (Å²) in [5, 5.41) is 6.47. The van der Waals surface area contributed by atoms with Crippen LogP contribution in [0.2, 0.25) is 0 Å². The van der Waals surface area contributed by atoms with E-state index in [4.69, 9.17) is 4.52 Å². The number of hydrogen-bond acceptors (Lipinski definition) is 4. The van der Waals surface area contributed by atoms with E-state index in [0.717, 1.165) is 12.1 Å². The van der Waals surface area contributed by atoms with Gasteiger partial charge in [0.15, 0.2) is 0 Å². The van der Waals surface area contributed by atoms with Gasteiger partial charge >= 0.3 is 0 Å². The molecule has 8 heteroatoms. The van der Waals surface area contributed by atoms with Crippen LogP contribution < -0.4 is 5.32 Å². The average Bonchev–Trinajstić information content (AvgIpc) is 3.02. The molecule has 0 spiro atoms. The second-order valence-electron chi connectivity index (χ2n) is 5.97. The van der Waals surface area contributed by atoms with E-state index < -0.39 is 23.1 Å². The third kappa shape index (κ3) is 3.67. The summed E-state index contributed by atoms with van der Waals surface area (Å²) in [6.07, 6.45) is 0.974. The quantitative estimate of drug-likeness (QED) is 0.923. The third-order valence-electron chi connectivity index (χ3n) is 4.15. The molecule has 0 bridgehead atoms. The number of nitrogens with zero attached hydrogens (tertiary/aromatic N) is 2. The van der Waals surface area contributed by atoms with Crippen molar-refractivity contribution in [3.05, 3.63) is 52.9 Å². The lowest BCUT2D eigenvalue weighted by molar-refractivity contribution is 0.0686. The molecule has 0 atom stereocenters. The van der Waals surface area contributed by atoms with Crippen molar-refractivity contribution < 1.29 is 22.9 Å². The van der Waals surface area contributed by atoms with Gasteiger partial charge in [0.1, 0.15) is 17.2 Å². The summed E-state index contributed by atoms with van der Waals surface area (Å²) in [5.41, 5.74) is 0.0691. The first-order chi connectivity index (χ1) is 12.0. The zero-order valence-electron chi connectivity index (χ0n) is 13.6. The predicted octanol–water partition coefficient (Wildman–Crippen LogP) is 2.30. The summed E-state index contributed by atoms with van der Waals surface area (Å²) in [6, 6.07) is 4.72. The van der Waals surface area contributed by atoms with Gasteiger partial charge in [-0.05, 0) is 31.9 Å². The molecule has 0 aliphatic carbocycles. The van der Waals surface area contributed by atoms with Gasteiger partial charge < -0.3 is 14.7 Å². The van der Waals surface area contributed by atoms with E-state index in [0.29, 0.717) is 31.6 Å². The lowest BCUT2D eigenvalue weighted by Crippen LogP contribution is -2.46. The summed E-state index contributed by atoms with van der Waals surface area (Å²) in [7, 11) is 0. The number of halogens is 2. The van der Waals surface area contributed by atoms with Gasteiger partial charge in [-0.15, -0.1) is 0 Å². The highest BCUT2D eigenvalue weighted by atomic mass is 19.1. The highest BCUT2D eigenvalue weighted by molar-refractivity contribution is 5.95. The normalized spacial score (nSPS) is 15.2. The first kappa shape index (κ1) is 17.1. The molecule has 1 aromatic carbocycles. The van der Waals surface area contributed by atoms with Crippen molar-refractivity contribution in [3.8, 4) is 0 Å². The van der Waals surface area contributed by atoms with Crippen LogP contribution in [-0.2, 0) is 0 Å². The molecule has 2 heterocycles. The number of carbonyl (C=O) groups excluding carboxylic acids is 2. The van der Waals surface area contributed by atoms with Gasteiger partial charge in [-0.2, -0.15) is 0 Å². The summed E-state index contributed by atoms with van der Waals surface area (Å²) < 4.78 is 32.4. The number of piperidine rings is 1. The van der Waals surface area contributed by atoms with Gasteiger partial charge in [-0.3, -0.25) is 9.59 Å². The lowest BCUT2D eigenvalue weighted by Gasteiger charge is -2.32. The maximum Gasteiger partial charge on any atom is 0.290 e. The van der Waals surface area contributed by atoms with E-state index in [9.17, 15) is 18.4 Å². The van der Waals surface area contributed by atoms with Crippen molar-refractivity contribution in [1.82, 2.24) is 15.4 Å². The molecule has 2 aromatic rings. The number of likely N-dealkylation sites (tertiary alicyclic amines) is 1. The minimum atomic E-state index is -0.874. The second kappa shape index (κ2) is 7.00. The molecule has 25 heavy (non-hydrogen) atoms. The van der Waals surface area contributed by atoms with Crippen LogP contribution in [0.5, 0.6) is 0 Å². The molecule has 0 radical (unpaired) electrons. The molecule has 1 saturated heterocycles. The van der Waals surface area contributed by atoms with Gasteiger partial charge in [-0.25, -0.2) is 8.78 Å². The molecule has 0 saturated carbocycles. The molecule has 1 aromatic heterocycles. The highest BCUT2D eigenvalue weighted by Crippen LogP contribution is 2.19. The molecule has 0 unspecified atom stereocenters. The number of nitrogens with one attached hydrogen (secondary N) is 1. The molecular weight excluding hydrogens is 332 g/mol. The van der Waals surface area contributed by atoms with Crippen LogP contribution in [0.15, 0.2) is 28.8 Å². The number of hydrogen-bond donors (Lipinski definition) is 1. The smallest absolute Gasteiger partial charge is 0.290 e. The Hall–Kier alpha value is -2.77. The average molecular weight is 349 g/mol. The molecule has 3 rings (SSSR count). The molecule has 2 amide bonds. The van der Waals surface area contributed by atoms with Crippen LogP contribution in [0.1, 0.15) is 39.4 Å². The van der Waals surface area contributed by atoms with Crippen LogP contribution in [0.4, 0.5) is 8.78 Å². The number of benzene rings is 1. The SMILES string of the molecule is Cc1cc(C(=O)NC2CCN(C(=O)c3c(F)cccc3F)CC2)on1. The van der Waals surface area contributed by atoms with Crippen LogP contribution in [0.25, 0.3) is 0 Å². The first-order valence-corrected chi connectivity index (χ1v) is 7.93. The fourth-order valence-electron chi connectivity index (χ4n) is 2.81. The first-order valence-electron chi connectivity index (χ1n) is 7.93. The van der Waals surface area contributed by atoms with Crippen molar-refractivity contribution in [2.45, 2.75) is 25.8 Å². The van der Waals surface area contributed by atoms with E-state index >= 15 is 0 Å². The number of rotatable bonds is 3. The Labute approximate surface area is 142 Å². The number of aryl methyl sites for hydroxylation is 1. The Kier molecular flexibility index (Phi) is 4.78. The van der Waals surface area contributed by atoms with Crippen molar-refractivity contribution in [3.63, 3.8) is 0 Å². The Morgan fingerprint density at radius 1 is 1.24 bits per heavy atom. The maximum atomic E-state index is 13.7. The van der Waals surface area contributed by atoms with Crippen molar-refractivity contribution in [2.24, 2.45) is 0 Å². The topological polar surface area (TPSA) is 75.4 Å². The second-order valence-corrected chi connectivity index (χ2v) is 5.97. The summed E-state index contributed by atoms with van der Waals surface area (Å²) in [4.78, 5) is 25.7. The van der Waals surface area contributed by atoms with Gasteiger partial charge in [0, 0.05) is 25.2 Å². The fraction of sp³-hybridized carbons (Fsp3) is 0.353. The van der Waals surface area contributed by atoms with E-state index in [1.54, 1.807) is 6.92 Å².